The van der Waals surface area contributed by atoms with Crippen molar-refractivity contribution in [3.8, 4) is 85.3 Å². The van der Waals surface area contributed by atoms with Crippen molar-refractivity contribution in [3.05, 3.63) is 295 Å². The zero-order chi connectivity index (χ0) is 81.2. The van der Waals surface area contributed by atoms with Crippen LogP contribution >= 0.6 is 23.1 Å². The van der Waals surface area contributed by atoms with Gasteiger partial charge in [-0.25, -0.2) is 0 Å². The largest absolute Gasteiger partial charge is 0.497 e. The van der Waals surface area contributed by atoms with Gasteiger partial charge in [-0.1, -0.05) is 42.5 Å². The quantitative estimate of drug-likeness (QED) is 0.0640. The van der Waals surface area contributed by atoms with Crippen LogP contribution in [0.3, 0.4) is 0 Å². The fraction of sp³-hybridized carbons (Fsp3) is 0.105. The van der Waals surface area contributed by atoms with Gasteiger partial charge in [-0.15, -0.1) is 52.6 Å². The second-order valence-corrected chi connectivity index (χ2v) is 27.8. The predicted octanol–water partition coefficient (Wildman–Crippen LogP) is 16.9. The van der Waals surface area contributed by atoms with E-state index in [-0.39, 0.29) is 19.8 Å². The van der Waals surface area contributed by atoms with Gasteiger partial charge in [0.05, 0.1) is 84.6 Å². The summed E-state index contributed by atoms with van der Waals surface area (Å²) in [6, 6.07) is 66.0. The average molecular weight is 1620 g/mol. The number of rotatable bonds is 20. The molecule has 0 unspecified atom stereocenters. The van der Waals surface area contributed by atoms with Crippen LogP contribution in [0.15, 0.2) is 271 Å². The summed E-state index contributed by atoms with van der Waals surface area (Å²) in [5.74, 6) is 8.16. The number of benzene rings is 6. The predicted molar refractivity (Wildman–Crippen MR) is 441 cm³/mol. The third kappa shape index (κ3) is 17.0. The Balaban J connectivity index is 0.000000114. The first-order valence-corrected chi connectivity index (χ1v) is 38.5. The first kappa shape index (κ1) is 76.4. The van der Waals surface area contributed by atoms with Crippen molar-refractivity contribution < 1.29 is 46.3 Å². The monoisotopic (exact) mass is 1620 g/mol. The number of thioether (sulfide) groups is 1. The molecule has 119 heavy (non-hydrogen) atoms. The van der Waals surface area contributed by atoms with Gasteiger partial charge in [0.25, 0.3) is 0 Å². The minimum absolute atomic E-state index is 0.0791. The highest BCUT2D eigenvalue weighted by Crippen LogP contribution is 2.36. The van der Waals surface area contributed by atoms with Gasteiger partial charge in [0.2, 0.25) is 0 Å². The lowest BCUT2D eigenvalue weighted by Crippen LogP contribution is -2.06. The van der Waals surface area contributed by atoms with Crippen LogP contribution in [-0.4, -0.2) is 133 Å². The number of fused-ring (bicyclic) bond motifs is 8. The Morgan fingerprint density at radius 2 is 0.739 bits per heavy atom. The van der Waals surface area contributed by atoms with Crippen molar-refractivity contribution in [1.29, 1.82) is 0 Å². The van der Waals surface area contributed by atoms with Gasteiger partial charge < -0.3 is 33.2 Å². The Bertz CT molecular complexity index is 6790. The van der Waals surface area contributed by atoms with Crippen LogP contribution in [0, 0.1) is 0 Å². The highest BCUT2D eigenvalue weighted by molar-refractivity contribution is 7.98. The summed E-state index contributed by atoms with van der Waals surface area (Å²) in [7, 11) is 6.51. The van der Waals surface area contributed by atoms with E-state index >= 15 is 0 Å². The molecule has 0 atom stereocenters. The molecule has 0 radical (unpaired) electrons. The summed E-state index contributed by atoms with van der Waals surface area (Å²) in [5.41, 5.74) is 11.7. The molecule has 6 aromatic carbocycles. The SMILES string of the molecule is COc1ccc2c(OCc3nnc4ccc(-c5ccc(C(F)(F)F)cc5)nn34)ccnc2c1.COc1ccc2c(OCc3nnc4ccc(-c5cccnc5)nn34)ccnc2c1.COc1ccc2c(OCc3nnc4ccc(-c5ccsc5)nn34)ccnc2c1.COc1ccc2c(SCc3nnc4ccc(-c5ccccc5)nn34)ccnc2c1. The fourth-order valence-corrected chi connectivity index (χ4v) is 14.3. The number of methoxy groups -OCH3 is 4. The first-order valence-electron chi connectivity index (χ1n) is 36.6. The number of thiophene rings is 1. The number of aromatic nitrogens is 21. The van der Waals surface area contributed by atoms with E-state index < -0.39 is 11.7 Å². The Kier molecular flexibility index (Phi) is 22.1. The minimum atomic E-state index is -4.39. The van der Waals surface area contributed by atoms with Crippen LogP contribution in [0.4, 0.5) is 13.2 Å². The number of pyridine rings is 5. The van der Waals surface area contributed by atoms with Gasteiger partial charge in [0.1, 0.15) is 60.1 Å². The molecule has 588 valence electrons. The van der Waals surface area contributed by atoms with E-state index in [1.54, 1.807) is 110 Å². The van der Waals surface area contributed by atoms with Gasteiger partial charge in [-0.2, -0.15) is 63.0 Å². The van der Waals surface area contributed by atoms with Crippen LogP contribution in [-0.2, 0) is 31.7 Å². The van der Waals surface area contributed by atoms with Crippen molar-refractivity contribution in [1.82, 2.24) is 104 Å². The Morgan fingerprint density at radius 1 is 0.353 bits per heavy atom. The maximum atomic E-state index is 12.8. The molecule has 0 aliphatic heterocycles. The highest BCUT2D eigenvalue weighted by atomic mass is 32.2. The molecular formula is C86H64F3N21O7S2. The van der Waals surface area contributed by atoms with Crippen LogP contribution in [0.1, 0.15) is 28.9 Å². The van der Waals surface area contributed by atoms with Crippen molar-refractivity contribution in [3.63, 3.8) is 0 Å². The average Bonchev–Trinajstić information content (AvgIpc) is 1.70. The van der Waals surface area contributed by atoms with E-state index in [1.165, 1.54) is 16.6 Å². The fourth-order valence-electron chi connectivity index (χ4n) is 12.7. The topological polar surface area (TPSA) is 301 Å². The Hall–Kier alpha value is -15.3. The van der Waals surface area contributed by atoms with Crippen LogP contribution in [0.5, 0.6) is 40.2 Å². The molecule has 0 N–H and O–H groups in total. The molecule has 20 rings (SSSR count). The van der Waals surface area contributed by atoms with Gasteiger partial charge in [0.15, 0.2) is 45.9 Å². The minimum Gasteiger partial charge on any atom is -0.497 e. The summed E-state index contributed by atoms with van der Waals surface area (Å²) in [6.45, 7) is 0.540. The lowest BCUT2D eigenvalue weighted by Gasteiger charge is -2.09. The molecule has 0 spiro atoms. The van der Waals surface area contributed by atoms with Crippen molar-refractivity contribution >= 4 is 89.3 Å². The van der Waals surface area contributed by atoms with Crippen LogP contribution in [0.25, 0.3) is 111 Å². The number of ether oxygens (including phenoxy) is 7. The maximum Gasteiger partial charge on any atom is 0.416 e. The van der Waals surface area contributed by atoms with E-state index in [4.69, 9.17) is 38.3 Å². The molecule has 0 aliphatic carbocycles. The van der Waals surface area contributed by atoms with E-state index in [0.29, 0.717) is 68.7 Å². The third-order valence-electron chi connectivity index (χ3n) is 18.7. The van der Waals surface area contributed by atoms with Crippen molar-refractivity contribution in [2.75, 3.05) is 28.4 Å². The standard InChI is InChI=1S/C23H16F3N5O2.C22H17N5OS.C21H16N6O2.C20H15N5O2S/c1-32-16-6-7-17-19(12-16)27-11-10-20(17)33-13-22-29-28-21-9-8-18(30-31(21)22)14-2-4-15(5-3-14)23(24,25)26;1-28-16-7-8-17-19(13-16)23-12-11-20(17)29-14-22-25-24-21-10-9-18(26-27(21)22)15-5-3-2-4-6-15;1-28-15-4-5-16-18(11-15)23-10-8-19(16)29-13-21-25-24-20-7-6-17(26-27(20)21)14-3-2-9-22-12-14;1-26-14-2-3-15-17(10-14)21-8-6-18(15)27-11-20-23-22-19-5-4-16(24-25(19)20)13-7-9-28-12-13/h2-12H,13H2,1H3;2-13H,14H2,1H3;2-12H,13H2,1H3;2-10,12H,11H2,1H3. The van der Waals surface area contributed by atoms with Crippen LogP contribution < -0.4 is 33.2 Å². The normalized spacial score (nSPS) is 11.3. The lowest BCUT2D eigenvalue weighted by molar-refractivity contribution is -0.137. The van der Waals surface area contributed by atoms with Gasteiger partial charge >= 0.3 is 6.18 Å². The molecule has 20 aromatic rings. The Labute approximate surface area is 681 Å². The lowest BCUT2D eigenvalue weighted by atomic mass is 10.1. The molecule has 14 heterocycles. The maximum absolute atomic E-state index is 12.8. The molecule has 33 heteroatoms. The van der Waals surface area contributed by atoms with E-state index in [9.17, 15) is 13.2 Å². The molecule has 14 aromatic heterocycles. The summed E-state index contributed by atoms with van der Waals surface area (Å²) < 4.78 is 84.4. The summed E-state index contributed by atoms with van der Waals surface area (Å²) in [4.78, 5) is 22.8. The van der Waals surface area contributed by atoms with Gasteiger partial charge in [-0.3, -0.25) is 24.9 Å². The molecule has 0 saturated carbocycles. The molecule has 0 aliphatic rings. The molecule has 0 amide bonds. The highest BCUT2D eigenvalue weighted by Gasteiger charge is 2.30. The number of hydrogen-bond donors (Lipinski definition) is 0. The Morgan fingerprint density at radius 3 is 1.15 bits per heavy atom. The van der Waals surface area contributed by atoms with Gasteiger partial charge in [0, 0.05) is 116 Å². The zero-order valence-corrected chi connectivity index (χ0v) is 65.1. The van der Waals surface area contributed by atoms with E-state index in [2.05, 4.69) is 86.4 Å². The number of hydrogen-bond acceptors (Lipinski definition) is 26. The third-order valence-corrected chi connectivity index (χ3v) is 20.5. The van der Waals surface area contributed by atoms with Crippen molar-refractivity contribution in [2.24, 2.45) is 0 Å². The summed E-state index contributed by atoms with van der Waals surface area (Å²) in [6.07, 6.45) is 5.99. The molecule has 0 bridgehead atoms. The number of alkyl halides is 3. The smallest absolute Gasteiger partial charge is 0.416 e. The summed E-state index contributed by atoms with van der Waals surface area (Å²) in [5, 5.41) is 60.0. The van der Waals surface area contributed by atoms with Crippen LogP contribution in [0.2, 0.25) is 0 Å². The second-order valence-electron chi connectivity index (χ2n) is 26.0. The molecule has 28 nitrogen and oxygen atoms in total. The first-order chi connectivity index (χ1) is 58.4. The van der Waals surface area contributed by atoms with E-state index in [1.807, 2.05) is 192 Å². The zero-order valence-electron chi connectivity index (χ0n) is 63.4. The van der Waals surface area contributed by atoms with Crippen molar-refractivity contribution in [2.45, 2.75) is 36.6 Å². The summed E-state index contributed by atoms with van der Waals surface area (Å²) >= 11 is 3.33. The number of nitrogens with zero attached hydrogens (tertiary/aromatic N) is 21. The second kappa shape index (κ2) is 34.4. The number of halogens is 3. The molecular weight excluding hydrogens is 1560 g/mol. The van der Waals surface area contributed by atoms with Gasteiger partial charge in [-0.05, 0) is 157 Å². The molecule has 0 saturated heterocycles. The molecule has 0 fully saturated rings. The van der Waals surface area contributed by atoms with E-state index in [0.717, 1.165) is 129 Å².